The molecule has 0 saturated carbocycles. The molecule has 180 valence electrons. The summed E-state index contributed by atoms with van der Waals surface area (Å²) < 4.78 is 16.4. The number of amides is 1. The lowest BCUT2D eigenvalue weighted by molar-refractivity contribution is -0.119. The number of ether oxygens (including phenoxy) is 2. The van der Waals surface area contributed by atoms with E-state index in [1.54, 1.807) is 7.11 Å². The fourth-order valence-electron chi connectivity index (χ4n) is 4.12. The maximum Gasteiger partial charge on any atom is 0.217 e. The van der Waals surface area contributed by atoms with Gasteiger partial charge in [0.25, 0.3) is 0 Å². The number of nitrogens with zero attached hydrogens (tertiary/aromatic N) is 1. The molecule has 1 heterocycles. The second kappa shape index (κ2) is 10.5. The molecule has 1 amide bonds. The van der Waals surface area contributed by atoms with Crippen molar-refractivity contribution in [2.75, 3.05) is 7.11 Å². The molecule has 6 heteroatoms. The van der Waals surface area contributed by atoms with Gasteiger partial charge in [-0.1, -0.05) is 47.6 Å². The van der Waals surface area contributed by atoms with E-state index in [0.717, 1.165) is 56.3 Å². The molecule has 0 aliphatic rings. The SMILES string of the molecule is COc1ccc(-c2ccc(C(NC(C)=O)c3ccc(OCc4c(C)noc4C)cc3)cc2)c(C)c1. The number of benzene rings is 3. The summed E-state index contributed by atoms with van der Waals surface area (Å²) in [4.78, 5) is 12.0. The third-order valence-electron chi connectivity index (χ3n) is 6.11. The number of aryl methyl sites for hydroxylation is 3. The van der Waals surface area contributed by atoms with Crippen LogP contribution in [0.4, 0.5) is 0 Å². The molecule has 1 atom stereocenters. The number of rotatable bonds is 8. The molecule has 0 spiro atoms. The molecule has 0 aliphatic carbocycles. The van der Waals surface area contributed by atoms with E-state index in [9.17, 15) is 4.79 Å². The standard InChI is InChI=1S/C29H30N2O4/c1-18-16-26(33-5)14-15-27(18)22-6-8-23(9-7-22)29(30-21(4)32)24-10-12-25(13-11-24)34-17-28-19(2)31-35-20(28)3/h6-16,29H,17H2,1-5H3,(H,30,32). The van der Waals surface area contributed by atoms with E-state index in [1.165, 1.54) is 6.92 Å². The van der Waals surface area contributed by atoms with Crippen molar-refractivity contribution in [1.82, 2.24) is 10.5 Å². The minimum absolute atomic E-state index is 0.0937. The van der Waals surface area contributed by atoms with Crippen molar-refractivity contribution >= 4 is 5.91 Å². The quantitative estimate of drug-likeness (QED) is 0.338. The Morgan fingerprint density at radius 2 is 1.57 bits per heavy atom. The molecule has 1 aromatic heterocycles. The van der Waals surface area contributed by atoms with Crippen molar-refractivity contribution in [3.8, 4) is 22.6 Å². The summed E-state index contributed by atoms with van der Waals surface area (Å²) >= 11 is 0. The summed E-state index contributed by atoms with van der Waals surface area (Å²) in [5, 5.41) is 7.03. The van der Waals surface area contributed by atoms with Gasteiger partial charge in [-0.2, -0.15) is 0 Å². The van der Waals surface area contributed by atoms with Gasteiger partial charge in [0.2, 0.25) is 5.91 Å². The van der Waals surface area contributed by atoms with E-state index in [0.29, 0.717) is 6.61 Å². The maximum atomic E-state index is 12.0. The first-order chi connectivity index (χ1) is 16.9. The Labute approximate surface area is 205 Å². The first-order valence-electron chi connectivity index (χ1n) is 11.5. The normalized spacial score (nSPS) is 11.7. The predicted octanol–water partition coefficient (Wildman–Crippen LogP) is 6.08. The average Bonchev–Trinajstić information content (AvgIpc) is 3.18. The van der Waals surface area contributed by atoms with Gasteiger partial charge in [-0.05, 0) is 72.9 Å². The molecular weight excluding hydrogens is 440 g/mol. The molecular formula is C29H30N2O4. The first kappa shape index (κ1) is 24.1. The smallest absolute Gasteiger partial charge is 0.217 e. The number of carbonyl (C=O) groups is 1. The Balaban J connectivity index is 1.53. The molecule has 4 rings (SSSR count). The predicted molar refractivity (Wildman–Crippen MR) is 136 cm³/mol. The maximum absolute atomic E-state index is 12.0. The van der Waals surface area contributed by atoms with Gasteiger partial charge in [0.1, 0.15) is 23.9 Å². The second-order valence-corrected chi connectivity index (χ2v) is 8.60. The zero-order valence-corrected chi connectivity index (χ0v) is 20.7. The van der Waals surface area contributed by atoms with Crippen LogP contribution in [0.25, 0.3) is 11.1 Å². The van der Waals surface area contributed by atoms with Crippen molar-refractivity contribution in [2.45, 2.75) is 40.3 Å². The summed E-state index contributed by atoms with van der Waals surface area (Å²) in [7, 11) is 1.67. The van der Waals surface area contributed by atoms with Crippen LogP contribution >= 0.6 is 0 Å². The van der Waals surface area contributed by atoms with Crippen molar-refractivity contribution in [3.63, 3.8) is 0 Å². The van der Waals surface area contributed by atoms with Crippen LogP contribution in [-0.4, -0.2) is 18.2 Å². The zero-order chi connectivity index (χ0) is 24.9. The van der Waals surface area contributed by atoms with Crippen LogP contribution < -0.4 is 14.8 Å². The van der Waals surface area contributed by atoms with Crippen LogP contribution in [0.5, 0.6) is 11.5 Å². The lowest BCUT2D eigenvalue weighted by atomic mass is 9.94. The number of carbonyl (C=O) groups excluding carboxylic acids is 1. The number of aromatic nitrogens is 1. The lowest BCUT2D eigenvalue weighted by Gasteiger charge is -2.20. The second-order valence-electron chi connectivity index (χ2n) is 8.60. The molecule has 35 heavy (non-hydrogen) atoms. The van der Waals surface area contributed by atoms with Gasteiger partial charge >= 0.3 is 0 Å². The van der Waals surface area contributed by atoms with E-state index in [2.05, 4.69) is 47.7 Å². The summed E-state index contributed by atoms with van der Waals surface area (Å²) in [5.74, 6) is 2.25. The van der Waals surface area contributed by atoms with Gasteiger partial charge in [-0.15, -0.1) is 0 Å². The Hall–Kier alpha value is -4.06. The van der Waals surface area contributed by atoms with Crippen molar-refractivity contribution in [1.29, 1.82) is 0 Å². The van der Waals surface area contributed by atoms with Crippen molar-refractivity contribution < 1.29 is 18.8 Å². The van der Waals surface area contributed by atoms with E-state index in [-0.39, 0.29) is 11.9 Å². The highest BCUT2D eigenvalue weighted by molar-refractivity contribution is 5.74. The molecule has 0 bridgehead atoms. The van der Waals surface area contributed by atoms with Crippen LogP contribution in [0.2, 0.25) is 0 Å². The third kappa shape index (κ3) is 5.54. The van der Waals surface area contributed by atoms with Crippen LogP contribution in [0.1, 0.15) is 46.7 Å². The van der Waals surface area contributed by atoms with E-state index in [1.807, 2.05) is 50.2 Å². The summed E-state index contributed by atoms with van der Waals surface area (Å²) in [6, 6.07) is 21.9. The summed E-state index contributed by atoms with van der Waals surface area (Å²) in [6.07, 6.45) is 0. The summed E-state index contributed by atoms with van der Waals surface area (Å²) in [6.45, 7) is 7.77. The van der Waals surface area contributed by atoms with Crippen molar-refractivity contribution in [3.05, 3.63) is 100 Å². The largest absolute Gasteiger partial charge is 0.497 e. The fraction of sp³-hybridized carbons (Fsp3) is 0.241. The van der Waals surface area contributed by atoms with Crippen LogP contribution in [-0.2, 0) is 11.4 Å². The van der Waals surface area contributed by atoms with Crippen LogP contribution in [0.15, 0.2) is 71.3 Å². The Kier molecular flexibility index (Phi) is 7.20. The highest BCUT2D eigenvalue weighted by atomic mass is 16.5. The fourth-order valence-corrected chi connectivity index (χ4v) is 4.12. The minimum Gasteiger partial charge on any atom is -0.497 e. The van der Waals surface area contributed by atoms with Crippen LogP contribution in [0, 0.1) is 20.8 Å². The highest BCUT2D eigenvalue weighted by Gasteiger charge is 2.16. The molecule has 0 aliphatic heterocycles. The van der Waals surface area contributed by atoms with E-state index < -0.39 is 0 Å². The molecule has 4 aromatic rings. The van der Waals surface area contributed by atoms with Gasteiger partial charge in [0.15, 0.2) is 0 Å². The molecule has 0 radical (unpaired) electrons. The Morgan fingerprint density at radius 1 is 0.943 bits per heavy atom. The molecule has 1 N–H and O–H groups in total. The van der Waals surface area contributed by atoms with E-state index >= 15 is 0 Å². The highest BCUT2D eigenvalue weighted by Crippen LogP contribution is 2.30. The van der Waals surface area contributed by atoms with Gasteiger partial charge in [0.05, 0.1) is 24.4 Å². The number of hydrogen-bond donors (Lipinski definition) is 1. The molecule has 1 unspecified atom stereocenters. The monoisotopic (exact) mass is 470 g/mol. The number of methoxy groups -OCH3 is 1. The molecule has 3 aromatic carbocycles. The van der Waals surface area contributed by atoms with Gasteiger partial charge < -0.3 is 19.3 Å². The summed E-state index contributed by atoms with van der Waals surface area (Å²) in [5.41, 5.74) is 7.16. The number of nitrogens with one attached hydrogen (secondary N) is 1. The Bertz CT molecular complexity index is 1290. The number of hydrogen-bond acceptors (Lipinski definition) is 5. The van der Waals surface area contributed by atoms with E-state index in [4.69, 9.17) is 14.0 Å². The molecule has 0 saturated heterocycles. The topological polar surface area (TPSA) is 73.6 Å². The average molecular weight is 471 g/mol. The van der Waals surface area contributed by atoms with Gasteiger partial charge in [-0.3, -0.25) is 4.79 Å². The zero-order valence-electron chi connectivity index (χ0n) is 20.7. The Morgan fingerprint density at radius 3 is 2.11 bits per heavy atom. The van der Waals surface area contributed by atoms with Gasteiger partial charge in [-0.25, -0.2) is 0 Å². The van der Waals surface area contributed by atoms with Crippen molar-refractivity contribution in [2.24, 2.45) is 0 Å². The molecule has 0 fully saturated rings. The molecule has 6 nitrogen and oxygen atoms in total. The van der Waals surface area contributed by atoms with Crippen LogP contribution in [0.3, 0.4) is 0 Å². The minimum atomic E-state index is -0.268. The lowest BCUT2D eigenvalue weighted by Crippen LogP contribution is -2.26. The third-order valence-corrected chi connectivity index (χ3v) is 6.11. The first-order valence-corrected chi connectivity index (χ1v) is 11.5. The van der Waals surface area contributed by atoms with Gasteiger partial charge in [0, 0.05) is 6.92 Å².